The van der Waals surface area contributed by atoms with Gasteiger partial charge >= 0.3 is 0 Å². The van der Waals surface area contributed by atoms with Gasteiger partial charge in [-0.1, -0.05) is 15.9 Å². The Bertz CT molecular complexity index is 1100. The number of hydrogen-bond acceptors (Lipinski definition) is 5. The molecule has 1 aliphatic heterocycles. The number of H-pyrrole nitrogens is 2. The number of carbonyl (C=O) groups is 1. The number of aromatic nitrogens is 5. The van der Waals surface area contributed by atoms with Crippen molar-refractivity contribution in [3.63, 3.8) is 0 Å². The number of thiazole rings is 1. The predicted molar refractivity (Wildman–Crippen MR) is 101 cm³/mol. The molecular formula is C17H13BrN6OS. The third-order valence-corrected chi connectivity index (χ3v) is 5.80. The lowest BCUT2D eigenvalue weighted by atomic mass is 10.0. The summed E-state index contributed by atoms with van der Waals surface area (Å²) in [5.41, 5.74) is 5.33. The van der Waals surface area contributed by atoms with E-state index >= 15 is 0 Å². The maximum absolute atomic E-state index is 13.1. The molecule has 9 heteroatoms. The average Bonchev–Trinajstić information content (AvgIpc) is 3.38. The van der Waals surface area contributed by atoms with E-state index in [4.69, 9.17) is 4.98 Å². The standard InChI is InChI=1S/C17H13BrN6OS/c18-9-1-2-10-12(5-9)23-16(22-10)15-14-11(20-7-21-14)3-4-24(15)17(25)13-6-19-8-26-13/h1-2,5-8,15H,3-4H2,(H,20,21)(H,22,23)/t15-/m0/s1. The van der Waals surface area contributed by atoms with Gasteiger partial charge in [0.15, 0.2) is 0 Å². The molecule has 0 saturated carbocycles. The first kappa shape index (κ1) is 15.7. The van der Waals surface area contributed by atoms with Crippen LogP contribution in [0.3, 0.4) is 0 Å². The highest BCUT2D eigenvalue weighted by Crippen LogP contribution is 2.34. The Morgan fingerprint density at radius 2 is 2.31 bits per heavy atom. The molecule has 2 N–H and O–H groups in total. The summed E-state index contributed by atoms with van der Waals surface area (Å²) in [7, 11) is 0. The van der Waals surface area contributed by atoms with E-state index in [-0.39, 0.29) is 11.9 Å². The quantitative estimate of drug-likeness (QED) is 0.512. The van der Waals surface area contributed by atoms with E-state index in [1.807, 2.05) is 23.1 Å². The molecule has 0 unspecified atom stereocenters. The molecule has 0 bridgehead atoms. The van der Waals surface area contributed by atoms with Crippen molar-refractivity contribution in [1.29, 1.82) is 0 Å². The highest BCUT2D eigenvalue weighted by molar-refractivity contribution is 9.10. The second-order valence-corrected chi connectivity index (χ2v) is 7.87. The second-order valence-electron chi connectivity index (χ2n) is 6.07. The Kier molecular flexibility index (Phi) is 3.64. The van der Waals surface area contributed by atoms with Crippen molar-refractivity contribution in [2.24, 2.45) is 0 Å². The number of fused-ring (bicyclic) bond motifs is 2. The molecule has 1 aliphatic rings. The molecule has 3 aromatic heterocycles. The lowest BCUT2D eigenvalue weighted by Gasteiger charge is -2.33. The third-order valence-electron chi connectivity index (χ3n) is 4.55. The van der Waals surface area contributed by atoms with Gasteiger partial charge in [-0.2, -0.15) is 0 Å². The van der Waals surface area contributed by atoms with E-state index in [2.05, 4.69) is 35.9 Å². The first-order valence-corrected chi connectivity index (χ1v) is 9.75. The molecule has 1 aromatic carbocycles. The fourth-order valence-electron chi connectivity index (χ4n) is 3.37. The monoisotopic (exact) mass is 428 g/mol. The zero-order chi connectivity index (χ0) is 17.7. The van der Waals surface area contributed by atoms with Crippen LogP contribution in [0.2, 0.25) is 0 Å². The summed E-state index contributed by atoms with van der Waals surface area (Å²) >= 11 is 4.83. The van der Waals surface area contributed by atoms with Gasteiger partial charge in [-0.3, -0.25) is 9.78 Å². The number of imidazole rings is 2. The number of amides is 1. The number of carbonyl (C=O) groups excluding carboxylic acids is 1. The van der Waals surface area contributed by atoms with E-state index in [0.717, 1.165) is 33.3 Å². The van der Waals surface area contributed by atoms with Gasteiger partial charge in [0.05, 0.1) is 34.8 Å². The molecule has 130 valence electrons. The molecule has 0 saturated heterocycles. The SMILES string of the molecule is O=C(c1cncs1)N1CCc2[nH]cnc2[C@H]1c1nc2ccc(Br)cc2[nH]1. The Balaban J connectivity index is 1.64. The van der Waals surface area contributed by atoms with Crippen molar-refractivity contribution in [3.05, 3.63) is 62.8 Å². The van der Waals surface area contributed by atoms with Crippen molar-refractivity contribution in [2.45, 2.75) is 12.5 Å². The Morgan fingerprint density at radius 3 is 3.15 bits per heavy atom. The summed E-state index contributed by atoms with van der Waals surface area (Å²) in [6, 6.07) is 5.53. The number of aromatic amines is 2. The number of hydrogen-bond donors (Lipinski definition) is 2. The Hall–Kier alpha value is -2.52. The van der Waals surface area contributed by atoms with Gasteiger partial charge in [0, 0.05) is 23.1 Å². The minimum Gasteiger partial charge on any atom is -0.348 e. The van der Waals surface area contributed by atoms with Gasteiger partial charge in [0.25, 0.3) is 5.91 Å². The fraction of sp³-hybridized carbons (Fsp3) is 0.176. The second kappa shape index (κ2) is 6.03. The van der Waals surface area contributed by atoms with Gasteiger partial charge in [0.1, 0.15) is 16.7 Å². The van der Waals surface area contributed by atoms with Crippen LogP contribution in [0.4, 0.5) is 0 Å². The molecule has 0 fully saturated rings. The van der Waals surface area contributed by atoms with E-state index < -0.39 is 0 Å². The number of nitrogens with one attached hydrogen (secondary N) is 2. The molecule has 0 aliphatic carbocycles. The zero-order valence-electron chi connectivity index (χ0n) is 13.4. The van der Waals surface area contributed by atoms with Crippen LogP contribution >= 0.6 is 27.3 Å². The molecule has 5 rings (SSSR count). The maximum Gasteiger partial charge on any atom is 0.266 e. The molecule has 1 atom stereocenters. The van der Waals surface area contributed by atoms with Crippen LogP contribution in [-0.2, 0) is 6.42 Å². The fourth-order valence-corrected chi connectivity index (χ4v) is 4.30. The summed E-state index contributed by atoms with van der Waals surface area (Å²) in [6.45, 7) is 0.595. The number of benzene rings is 1. The van der Waals surface area contributed by atoms with Gasteiger partial charge in [-0.25, -0.2) is 9.97 Å². The van der Waals surface area contributed by atoms with E-state index in [1.54, 1.807) is 18.0 Å². The topological polar surface area (TPSA) is 90.6 Å². The first-order chi connectivity index (χ1) is 12.7. The Labute approximate surface area is 160 Å². The third kappa shape index (κ3) is 2.46. The lowest BCUT2D eigenvalue weighted by Crippen LogP contribution is -2.41. The smallest absolute Gasteiger partial charge is 0.266 e. The van der Waals surface area contributed by atoms with Crippen LogP contribution < -0.4 is 0 Å². The van der Waals surface area contributed by atoms with Crippen LogP contribution in [0.15, 0.2) is 40.7 Å². The maximum atomic E-state index is 13.1. The molecule has 4 heterocycles. The van der Waals surface area contributed by atoms with Gasteiger partial charge in [0.2, 0.25) is 0 Å². The molecule has 1 amide bonds. The van der Waals surface area contributed by atoms with Crippen LogP contribution in [0.1, 0.15) is 32.9 Å². The highest BCUT2D eigenvalue weighted by Gasteiger charge is 2.36. The first-order valence-electron chi connectivity index (χ1n) is 8.07. The molecule has 26 heavy (non-hydrogen) atoms. The van der Waals surface area contributed by atoms with E-state index in [9.17, 15) is 4.79 Å². The summed E-state index contributed by atoms with van der Waals surface area (Å²) in [5.74, 6) is 0.664. The largest absolute Gasteiger partial charge is 0.348 e. The van der Waals surface area contributed by atoms with Crippen molar-refractivity contribution in [2.75, 3.05) is 6.54 Å². The molecule has 0 radical (unpaired) electrons. The van der Waals surface area contributed by atoms with Gasteiger partial charge in [-0.15, -0.1) is 11.3 Å². The lowest BCUT2D eigenvalue weighted by molar-refractivity contribution is 0.0689. The predicted octanol–water partition coefficient (Wildman–Crippen LogP) is 3.29. The van der Waals surface area contributed by atoms with Crippen LogP contribution in [0, 0.1) is 0 Å². The molecular weight excluding hydrogens is 416 g/mol. The molecule has 4 aromatic rings. The van der Waals surface area contributed by atoms with Crippen LogP contribution in [-0.4, -0.2) is 42.3 Å². The average molecular weight is 429 g/mol. The van der Waals surface area contributed by atoms with Crippen LogP contribution in [0.25, 0.3) is 11.0 Å². The van der Waals surface area contributed by atoms with Crippen molar-refractivity contribution < 1.29 is 4.79 Å². The summed E-state index contributed by atoms with van der Waals surface area (Å²) < 4.78 is 0.974. The summed E-state index contributed by atoms with van der Waals surface area (Å²) in [4.78, 5) is 35.3. The van der Waals surface area contributed by atoms with Gasteiger partial charge < -0.3 is 14.9 Å². The minimum absolute atomic E-state index is 0.0483. The number of nitrogens with zero attached hydrogens (tertiary/aromatic N) is 4. The number of rotatable bonds is 2. The molecule has 0 spiro atoms. The zero-order valence-corrected chi connectivity index (χ0v) is 15.8. The van der Waals surface area contributed by atoms with Gasteiger partial charge in [-0.05, 0) is 18.2 Å². The normalized spacial score (nSPS) is 16.8. The summed E-state index contributed by atoms with van der Waals surface area (Å²) in [5, 5.41) is 0. The van der Waals surface area contributed by atoms with Crippen LogP contribution in [0.5, 0.6) is 0 Å². The number of halogens is 1. The Morgan fingerprint density at radius 1 is 1.38 bits per heavy atom. The van der Waals surface area contributed by atoms with Crippen molar-refractivity contribution in [3.8, 4) is 0 Å². The van der Waals surface area contributed by atoms with E-state index in [0.29, 0.717) is 17.2 Å². The van der Waals surface area contributed by atoms with Crippen molar-refractivity contribution in [1.82, 2.24) is 29.8 Å². The summed E-state index contributed by atoms with van der Waals surface area (Å²) in [6.07, 6.45) is 4.03. The molecule has 7 nitrogen and oxygen atoms in total. The van der Waals surface area contributed by atoms with E-state index in [1.165, 1.54) is 11.3 Å². The van der Waals surface area contributed by atoms with Crippen molar-refractivity contribution >= 4 is 44.2 Å². The highest BCUT2D eigenvalue weighted by atomic mass is 79.9. The minimum atomic E-state index is -0.356.